The third kappa shape index (κ3) is 3.43. The molecule has 2 aromatic rings. The van der Waals surface area contributed by atoms with E-state index in [-0.39, 0.29) is 0 Å². The molecule has 0 aliphatic carbocycles. The van der Waals surface area contributed by atoms with Crippen LogP contribution in [0.2, 0.25) is 0 Å². The Balaban J connectivity index is 2.08. The van der Waals surface area contributed by atoms with Crippen LogP contribution in [-0.4, -0.2) is 17.6 Å². The van der Waals surface area contributed by atoms with E-state index in [1.165, 1.54) is 0 Å². The monoisotopic (exact) mass is 313 g/mol. The van der Waals surface area contributed by atoms with E-state index < -0.39 is 53.0 Å². The molecule has 116 valence electrons. The third-order valence-electron chi connectivity index (χ3n) is 2.96. The molecular formula is C15H11F4NO2. The van der Waals surface area contributed by atoms with Crippen LogP contribution < -0.4 is 5.32 Å². The summed E-state index contributed by atoms with van der Waals surface area (Å²) in [5, 5.41) is 11.9. The number of amides is 1. The van der Waals surface area contributed by atoms with E-state index in [0.29, 0.717) is 6.07 Å². The number of hydrogen-bond donors (Lipinski definition) is 2. The van der Waals surface area contributed by atoms with Crippen molar-refractivity contribution in [2.45, 2.75) is 6.10 Å². The summed E-state index contributed by atoms with van der Waals surface area (Å²) in [6.45, 7) is -0.534. The second-order valence-electron chi connectivity index (χ2n) is 4.49. The van der Waals surface area contributed by atoms with Crippen molar-refractivity contribution in [3.8, 4) is 0 Å². The predicted molar refractivity (Wildman–Crippen MR) is 70.0 cm³/mol. The molecule has 0 saturated carbocycles. The summed E-state index contributed by atoms with van der Waals surface area (Å²) >= 11 is 0. The molecule has 2 aromatic carbocycles. The third-order valence-corrected chi connectivity index (χ3v) is 2.96. The summed E-state index contributed by atoms with van der Waals surface area (Å²) in [5.41, 5.74) is -1.04. The number of carbonyl (C=O) groups excluding carboxylic acids is 1. The minimum atomic E-state index is -1.64. The zero-order valence-electron chi connectivity index (χ0n) is 11.1. The molecule has 0 fully saturated rings. The first-order valence-electron chi connectivity index (χ1n) is 6.25. The highest BCUT2D eigenvalue weighted by Crippen LogP contribution is 2.20. The van der Waals surface area contributed by atoms with Gasteiger partial charge in [-0.15, -0.1) is 0 Å². The number of hydrogen-bond acceptors (Lipinski definition) is 2. The van der Waals surface area contributed by atoms with E-state index in [1.54, 1.807) is 0 Å². The van der Waals surface area contributed by atoms with E-state index >= 15 is 0 Å². The normalized spacial score (nSPS) is 12.0. The van der Waals surface area contributed by atoms with Crippen molar-refractivity contribution in [2.75, 3.05) is 6.54 Å². The van der Waals surface area contributed by atoms with Gasteiger partial charge in [0, 0.05) is 12.6 Å². The van der Waals surface area contributed by atoms with Crippen molar-refractivity contribution in [1.82, 2.24) is 5.32 Å². The molecule has 1 amide bonds. The molecule has 0 spiro atoms. The van der Waals surface area contributed by atoms with Gasteiger partial charge in [0.2, 0.25) is 0 Å². The summed E-state index contributed by atoms with van der Waals surface area (Å²) in [6, 6.07) is 5.41. The SMILES string of the molecule is O=C(NCC(O)c1c(F)cccc1F)c1ccc(F)cc1F. The van der Waals surface area contributed by atoms with Crippen molar-refractivity contribution in [3.05, 3.63) is 70.8 Å². The number of halogens is 4. The van der Waals surface area contributed by atoms with Crippen molar-refractivity contribution >= 4 is 5.91 Å². The Morgan fingerprint density at radius 1 is 1.05 bits per heavy atom. The average Bonchev–Trinajstić information content (AvgIpc) is 2.44. The van der Waals surface area contributed by atoms with E-state index in [0.717, 1.165) is 30.3 Å². The van der Waals surface area contributed by atoms with Crippen LogP contribution in [0.3, 0.4) is 0 Å². The lowest BCUT2D eigenvalue weighted by molar-refractivity contribution is 0.0907. The van der Waals surface area contributed by atoms with E-state index in [1.807, 2.05) is 0 Å². The molecule has 1 unspecified atom stereocenters. The van der Waals surface area contributed by atoms with E-state index in [9.17, 15) is 27.5 Å². The lowest BCUT2D eigenvalue weighted by Crippen LogP contribution is -2.29. The molecule has 0 saturated heterocycles. The first-order chi connectivity index (χ1) is 10.4. The molecule has 1 atom stereocenters. The number of rotatable bonds is 4. The number of aliphatic hydroxyl groups is 1. The van der Waals surface area contributed by atoms with Gasteiger partial charge in [0.25, 0.3) is 5.91 Å². The topological polar surface area (TPSA) is 49.3 Å². The molecule has 7 heteroatoms. The minimum Gasteiger partial charge on any atom is -0.386 e. The average molecular weight is 313 g/mol. The first-order valence-corrected chi connectivity index (χ1v) is 6.25. The van der Waals surface area contributed by atoms with Crippen LogP contribution in [0.25, 0.3) is 0 Å². The number of carbonyl (C=O) groups is 1. The zero-order chi connectivity index (χ0) is 16.3. The molecule has 3 nitrogen and oxygen atoms in total. The molecule has 22 heavy (non-hydrogen) atoms. The smallest absolute Gasteiger partial charge is 0.254 e. The Kier molecular flexibility index (Phi) is 4.77. The zero-order valence-corrected chi connectivity index (χ0v) is 11.1. The van der Waals surface area contributed by atoms with Gasteiger partial charge in [-0.25, -0.2) is 17.6 Å². The molecule has 0 radical (unpaired) electrons. The van der Waals surface area contributed by atoms with Gasteiger partial charge in [-0.1, -0.05) is 6.07 Å². The van der Waals surface area contributed by atoms with Crippen LogP contribution in [0.4, 0.5) is 17.6 Å². The quantitative estimate of drug-likeness (QED) is 0.853. The second kappa shape index (κ2) is 6.57. The van der Waals surface area contributed by atoms with Crippen molar-refractivity contribution in [3.63, 3.8) is 0 Å². The summed E-state index contributed by atoms with van der Waals surface area (Å²) in [7, 11) is 0. The van der Waals surface area contributed by atoms with Crippen molar-refractivity contribution < 1.29 is 27.5 Å². The molecule has 0 aliphatic rings. The van der Waals surface area contributed by atoms with Gasteiger partial charge in [-0.2, -0.15) is 0 Å². The highest BCUT2D eigenvalue weighted by molar-refractivity contribution is 5.94. The Labute approximate surface area is 123 Å². The maximum absolute atomic E-state index is 13.4. The second-order valence-corrected chi connectivity index (χ2v) is 4.49. The molecule has 2 rings (SSSR count). The van der Waals surface area contributed by atoms with E-state index in [4.69, 9.17) is 0 Å². The summed E-state index contributed by atoms with van der Waals surface area (Å²) < 4.78 is 53.0. The standard InChI is InChI=1S/C15H11F4NO2/c16-8-4-5-9(12(19)6-8)15(22)20-7-13(21)14-10(17)2-1-3-11(14)18/h1-6,13,21H,7H2,(H,20,22). The van der Waals surface area contributed by atoms with Crippen LogP contribution >= 0.6 is 0 Å². The fraction of sp³-hybridized carbons (Fsp3) is 0.133. The molecule has 0 aliphatic heterocycles. The van der Waals surface area contributed by atoms with Gasteiger partial charge in [0.05, 0.1) is 11.1 Å². The van der Waals surface area contributed by atoms with Gasteiger partial charge in [0.1, 0.15) is 29.4 Å². The van der Waals surface area contributed by atoms with Gasteiger partial charge in [-0.05, 0) is 24.3 Å². The van der Waals surface area contributed by atoms with Crippen molar-refractivity contribution in [1.29, 1.82) is 0 Å². The van der Waals surface area contributed by atoms with Crippen molar-refractivity contribution in [2.24, 2.45) is 0 Å². The van der Waals surface area contributed by atoms with Crippen LogP contribution in [0.5, 0.6) is 0 Å². The molecule has 0 aromatic heterocycles. The Bertz CT molecular complexity index is 686. The predicted octanol–water partition coefficient (Wildman–Crippen LogP) is 2.71. The lowest BCUT2D eigenvalue weighted by Gasteiger charge is -2.14. The summed E-state index contributed by atoms with van der Waals surface area (Å²) in [6.07, 6.45) is -1.64. The maximum atomic E-state index is 13.4. The highest BCUT2D eigenvalue weighted by Gasteiger charge is 2.19. The largest absolute Gasteiger partial charge is 0.386 e. The minimum absolute atomic E-state index is 0.442. The number of benzene rings is 2. The van der Waals surface area contributed by atoms with Crippen LogP contribution in [-0.2, 0) is 0 Å². The molecule has 0 heterocycles. The van der Waals surface area contributed by atoms with Gasteiger partial charge >= 0.3 is 0 Å². The van der Waals surface area contributed by atoms with Gasteiger partial charge in [-0.3, -0.25) is 4.79 Å². The van der Waals surface area contributed by atoms with Crippen LogP contribution in [0, 0.1) is 23.3 Å². The number of nitrogens with one attached hydrogen (secondary N) is 1. The lowest BCUT2D eigenvalue weighted by atomic mass is 10.1. The number of aliphatic hydroxyl groups excluding tert-OH is 1. The fourth-order valence-corrected chi connectivity index (χ4v) is 1.89. The maximum Gasteiger partial charge on any atom is 0.254 e. The van der Waals surface area contributed by atoms with Gasteiger partial charge < -0.3 is 10.4 Å². The Hall–Kier alpha value is -2.41. The highest BCUT2D eigenvalue weighted by atomic mass is 19.1. The molecular weight excluding hydrogens is 302 g/mol. The fourth-order valence-electron chi connectivity index (χ4n) is 1.89. The van der Waals surface area contributed by atoms with E-state index in [2.05, 4.69) is 5.32 Å². The molecule has 0 bridgehead atoms. The molecule has 2 N–H and O–H groups in total. The summed E-state index contributed by atoms with van der Waals surface area (Å²) in [4.78, 5) is 11.7. The summed E-state index contributed by atoms with van der Waals surface area (Å²) in [5.74, 6) is -4.79. The first kappa shape index (κ1) is 16.0. The Morgan fingerprint density at radius 3 is 2.27 bits per heavy atom. The van der Waals surface area contributed by atoms with Crippen LogP contribution in [0.1, 0.15) is 22.0 Å². The van der Waals surface area contributed by atoms with Crippen LogP contribution in [0.15, 0.2) is 36.4 Å². The van der Waals surface area contributed by atoms with Gasteiger partial charge in [0.15, 0.2) is 0 Å². The Morgan fingerprint density at radius 2 is 1.68 bits per heavy atom.